The predicted octanol–water partition coefficient (Wildman–Crippen LogP) is 3.78. The summed E-state index contributed by atoms with van der Waals surface area (Å²) in [6, 6.07) is 13.7. The Morgan fingerprint density at radius 1 is 1.15 bits per heavy atom. The number of benzene rings is 1. The summed E-state index contributed by atoms with van der Waals surface area (Å²) in [5.74, 6) is 1.38. The standard InChI is InChI=1S/C20H20N4O2/c1-13(2)14-6-8-16(9-7-14)24-12-15(11-18(24)25)20-22-19(23-26-20)17-5-3-4-10-21-17/h3-10,13,15H,11-12H2,1-2H3/t15-/m0/s1. The van der Waals surface area contributed by atoms with Crippen LogP contribution in [0.15, 0.2) is 53.2 Å². The van der Waals surface area contributed by atoms with E-state index in [1.807, 2.05) is 30.3 Å². The van der Waals surface area contributed by atoms with Crippen molar-refractivity contribution < 1.29 is 9.32 Å². The number of anilines is 1. The first-order valence-electron chi connectivity index (χ1n) is 8.77. The van der Waals surface area contributed by atoms with Gasteiger partial charge in [-0.1, -0.05) is 37.2 Å². The molecule has 6 nitrogen and oxygen atoms in total. The fourth-order valence-electron chi connectivity index (χ4n) is 3.16. The molecule has 0 saturated carbocycles. The fraction of sp³-hybridized carbons (Fsp3) is 0.300. The molecule has 1 fully saturated rings. The van der Waals surface area contributed by atoms with E-state index in [1.165, 1.54) is 5.56 Å². The summed E-state index contributed by atoms with van der Waals surface area (Å²) in [7, 11) is 0. The summed E-state index contributed by atoms with van der Waals surface area (Å²) in [5, 5.41) is 4.01. The van der Waals surface area contributed by atoms with Gasteiger partial charge < -0.3 is 9.42 Å². The molecule has 2 aromatic heterocycles. The highest BCUT2D eigenvalue weighted by Gasteiger charge is 2.35. The number of carbonyl (C=O) groups excluding carboxylic acids is 1. The van der Waals surface area contributed by atoms with E-state index in [-0.39, 0.29) is 11.8 Å². The predicted molar refractivity (Wildman–Crippen MR) is 97.8 cm³/mol. The summed E-state index contributed by atoms with van der Waals surface area (Å²) in [6.45, 7) is 4.85. The van der Waals surface area contributed by atoms with E-state index in [2.05, 4.69) is 41.1 Å². The van der Waals surface area contributed by atoms with Gasteiger partial charge in [0.15, 0.2) is 0 Å². The van der Waals surface area contributed by atoms with Gasteiger partial charge in [0.05, 0.1) is 5.92 Å². The van der Waals surface area contributed by atoms with Gasteiger partial charge in [-0.25, -0.2) is 0 Å². The zero-order valence-corrected chi connectivity index (χ0v) is 14.8. The third-order valence-electron chi connectivity index (χ3n) is 4.68. The Balaban J connectivity index is 1.52. The van der Waals surface area contributed by atoms with Crippen molar-refractivity contribution >= 4 is 11.6 Å². The molecule has 1 saturated heterocycles. The van der Waals surface area contributed by atoms with E-state index in [9.17, 15) is 4.79 Å². The summed E-state index contributed by atoms with van der Waals surface area (Å²) >= 11 is 0. The molecule has 0 spiro atoms. The van der Waals surface area contributed by atoms with Crippen molar-refractivity contribution in [2.45, 2.75) is 32.1 Å². The molecule has 0 bridgehead atoms. The second-order valence-corrected chi connectivity index (χ2v) is 6.82. The van der Waals surface area contributed by atoms with Crippen LogP contribution in [0.5, 0.6) is 0 Å². The number of carbonyl (C=O) groups is 1. The Labute approximate surface area is 151 Å². The number of hydrogen-bond donors (Lipinski definition) is 0. The van der Waals surface area contributed by atoms with Gasteiger partial charge in [0.2, 0.25) is 17.6 Å². The van der Waals surface area contributed by atoms with Crippen LogP contribution < -0.4 is 4.90 Å². The lowest BCUT2D eigenvalue weighted by Gasteiger charge is -2.17. The molecule has 0 aliphatic carbocycles. The first kappa shape index (κ1) is 16.4. The third kappa shape index (κ3) is 3.10. The number of nitrogens with zero attached hydrogens (tertiary/aromatic N) is 4. The van der Waals surface area contributed by atoms with E-state index in [1.54, 1.807) is 11.1 Å². The maximum atomic E-state index is 12.5. The zero-order chi connectivity index (χ0) is 18.1. The van der Waals surface area contributed by atoms with Gasteiger partial charge in [-0.05, 0) is 35.7 Å². The number of hydrogen-bond acceptors (Lipinski definition) is 5. The van der Waals surface area contributed by atoms with Crippen LogP contribution in [-0.2, 0) is 4.79 Å². The van der Waals surface area contributed by atoms with Crippen LogP contribution >= 0.6 is 0 Å². The highest BCUT2D eigenvalue weighted by molar-refractivity contribution is 5.96. The summed E-state index contributed by atoms with van der Waals surface area (Å²) < 4.78 is 5.41. The lowest BCUT2D eigenvalue weighted by molar-refractivity contribution is -0.117. The molecule has 1 aliphatic rings. The molecular formula is C20H20N4O2. The van der Waals surface area contributed by atoms with Crippen LogP contribution in [0.1, 0.15) is 43.6 Å². The van der Waals surface area contributed by atoms with Crippen molar-refractivity contribution in [3.63, 3.8) is 0 Å². The maximum absolute atomic E-state index is 12.5. The first-order valence-corrected chi connectivity index (χ1v) is 8.77. The quantitative estimate of drug-likeness (QED) is 0.717. The van der Waals surface area contributed by atoms with Gasteiger partial charge in [0.25, 0.3) is 0 Å². The molecule has 1 aromatic carbocycles. The zero-order valence-electron chi connectivity index (χ0n) is 14.8. The molecule has 3 heterocycles. The molecule has 1 atom stereocenters. The van der Waals surface area contributed by atoms with Crippen molar-refractivity contribution in [1.82, 2.24) is 15.1 Å². The number of amides is 1. The van der Waals surface area contributed by atoms with E-state index in [4.69, 9.17) is 4.52 Å². The number of pyridine rings is 1. The van der Waals surface area contributed by atoms with Gasteiger partial charge >= 0.3 is 0 Å². The van der Waals surface area contributed by atoms with E-state index in [0.717, 1.165) is 5.69 Å². The van der Waals surface area contributed by atoms with Gasteiger partial charge in [-0.3, -0.25) is 9.78 Å². The molecule has 6 heteroatoms. The molecule has 4 rings (SSSR count). The molecule has 0 radical (unpaired) electrons. The lowest BCUT2D eigenvalue weighted by Crippen LogP contribution is -2.24. The van der Waals surface area contributed by atoms with E-state index >= 15 is 0 Å². The molecule has 132 valence electrons. The van der Waals surface area contributed by atoms with Crippen LogP contribution in [0.4, 0.5) is 5.69 Å². The SMILES string of the molecule is CC(C)c1ccc(N2C[C@@H](c3nc(-c4ccccn4)no3)CC2=O)cc1. The summed E-state index contributed by atoms with van der Waals surface area (Å²) in [6.07, 6.45) is 2.06. The van der Waals surface area contributed by atoms with Crippen molar-refractivity contribution in [2.24, 2.45) is 0 Å². The van der Waals surface area contributed by atoms with Crippen molar-refractivity contribution in [1.29, 1.82) is 0 Å². The van der Waals surface area contributed by atoms with Crippen molar-refractivity contribution in [3.8, 4) is 11.5 Å². The first-order chi connectivity index (χ1) is 12.6. The molecule has 1 amide bonds. The topological polar surface area (TPSA) is 72.1 Å². The number of aromatic nitrogens is 3. The van der Waals surface area contributed by atoms with Crippen LogP contribution in [0, 0.1) is 0 Å². The van der Waals surface area contributed by atoms with Gasteiger partial charge in [0, 0.05) is 24.8 Å². The van der Waals surface area contributed by atoms with E-state index < -0.39 is 0 Å². The minimum Gasteiger partial charge on any atom is -0.339 e. The Hall–Kier alpha value is -3.02. The molecule has 0 unspecified atom stereocenters. The lowest BCUT2D eigenvalue weighted by atomic mass is 10.0. The van der Waals surface area contributed by atoms with Crippen molar-refractivity contribution in [3.05, 3.63) is 60.1 Å². The summed E-state index contributed by atoms with van der Waals surface area (Å²) in [4.78, 5) is 22.9. The average molecular weight is 348 g/mol. The Morgan fingerprint density at radius 2 is 1.96 bits per heavy atom. The van der Waals surface area contributed by atoms with Crippen LogP contribution in [0.3, 0.4) is 0 Å². The van der Waals surface area contributed by atoms with E-state index in [0.29, 0.717) is 36.3 Å². The Kier molecular flexibility index (Phi) is 4.24. The minimum atomic E-state index is -0.0998. The van der Waals surface area contributed by atoms with Crippen LogP contribution in [0.2, 0.25) is 0 Å². The fourth-order valence-corrected chi connectivity index (χ4v) is 3.16. The van der Waals surface area contributed by atoms with Gasteiger partial charge in [0.1, 0.15) is 5.69 Å². The Morgan fingerprint density at radius 3 is 2.65 bits per heavy atom. The molecule has 3 aromatic rings. The van der Waals surface area contributed by atoms with Gasteiger partial charge in [-0.2, -0.15) is 4.98 Å². The normalized spacial score (nSPS) is 17.3. The monoisotopic (exact) mass is 348 g/mol. The second-order valence-electron chi connectivity index (χ2n) is 6.82. The maximum Gasteiger partial charge on any atom is 0.232 e. The molecular weight excluding hydrogens is 328 g/mol. The molecule has 26 heavy (non-hydrogen) atoms. The average Bonchev–Trinajstić information content (AvgIpc) is 3.29. The second kappa shape index (κ2) is 6.71. The third-order valence-corrected chi connectivity index (χ3v) is 4.68. The highest BCUT2D eigenvalue weighted by atomic mass is 16.5. The van der Waals surface area contributed by atoms with Crippen LogP contribution in [0.25, 0.3) is 11.5 Å². The smallest absolute Gasteiger partial charge is 0.232 e. The largest absolute Gasteiger partial charge is 0.339 e. The van der Waals surface area contributed by atoms with Crippen LogP contribution in [-0.4, -0.2) is 27.6 Å². The van der Waals surface area contributed by atoms with Crippen molar-refractivity contribution in [2.75, 3.05) is 11.4 Å². The minimum absolute atomic E-state index is 0.0740. The summed E-state index contributed by atoms with van der Waals surface area (Å²) in [5.41, 5.74) is 2.83. The number of rotatable bonds is 4. The Bertz CT molecular complexity index is 903. The molecule has 1 aliphatic heterocycles. The highest BCUT2D eigenvalue weighted by Crippen LogP contribution is 2.32. The van der Waals surface area contributed by atoms with Gasteiger partial charge in [-0.15, -0.1) is 0 Å². The molecule has 0 N–H and O–H groups in total.